The van der Waals surface area contributed by atoms with Gasteiger partial charge in [-0.2, -0.15) is 0 Å². The maximum absolute atomic E-state index is 9.90. The van der Waals surface area contributed by atoms with Gasteiger partial charge in [0.1, 0.15) is 0 Å². The predicted octanol–water partition coefficient (Wildman–Crippen LogP) is -1.14. The van der Waals surface area contributed by atoms with Gasteiger partial charge in [-0.1, -0.05) is 0 Å². The Bertz CT molecular complexity index is 67.5. The zero-order valence-electron chi connectivity index (χ0n) is 4.16. The number of carbonyl (C=O) groups excluding carboxylic acids is 1. The van der Waals surface area contributed by atoms with Crippen molar-refractivity contribution in [1.82, 2.24) is 0 Å². The van der Waals surface area contributed by atoms with E-state index in [1.54, 1.807) is 0 Å². The quantitative estimate of drug-likeness (QED) is 0.377. The second kappa shape index (κ2) is 6.68. The molecule has 3 N–H and O–H groups in total. The van der Waals surface area contributed by atoms with Gasteiger partial charge in [0.2, 0.25) is 0 Å². The Labute approximate surface area is 53.0 Å². The molecule has 0 saturated heterocycles. The average molecular weight is 142 g/mol. The standard InChI is InChI=1S/C3H7NO3.ClH/c4-1-3(6)7-2-5;/h5H,1-2,4H2;1H. The summed E-state index contributed by atoms with van der Waals surface area (Å²) in [6, 6.07) is 0. The molecule has 0 aromatic rings. The first-order valence-electron chi connectivity index (χ1n) is 1.77. The minimum absolute atomic E-state index is 0. The number of esters is 1. The van der Waals surface area contributed by atoms with Crippen LogP contribution in [0.25, 0.3) is 0 Å². The van der Waals surface area contributed by atoms with Crippen molar-refractivity contribution in [2.24, 2.45) is 5.73 Å². The van der Waals surface area contributed by atoms with Crippen LogP contribution in [0.5, 0.6) is 0 Å². The van der Waals surface area contributed by atoms with E-state index in [0.717, 1.165) is 0 Å². The van der Waals surface area contributed by atoms with Gasteiger partial charge in [-0.25, -0.2) is 0 Å². The van der Waals surface area contributed by atoms with E-state index >= 15 is 0 Å². The van der Waals surface area contributed by atoms with Crippen LogP contribution in [0.15, 0.2) is 0 Å². The molecule has 4 nitrogen and oxygen atoms in total. The first kappa shape index (κ1) is 10.6. The maximum atomic E-state index is 9.90. The van der Waals surface area contributed by atoms with Crippen molar-refractivity contribution in [2.45, 2.75) is 0 Å². The summed E-state index contributed by atoms with van der Waals surface area (Å²) < 4.78 is 3.98. The van der Waals surface area contributed by atoms with Crippen molar-refractivity contribution < 1.29 is 14.6 Å². The summed E-state index contributed by atoms with van der Waals surface area (Å²) in [6.45, 7) is -0.767. The molecule has 0 spiro atoms. The molecule has 0 unspecified atom stereocenters. The Morgan fingerprint density at radius 3 is 2.38 bits per heavy atom. The van der Waals surface area contributed by atoms with Crippen LogP contribution < -0.4 is 5.73 Å². The molecule has 0 bridgehead atoms. The first-order valence-corrected chi connectivity index (χ1v) is 1.77. The number of aliphatic hydroxyl groups excluding tert-OH is 1. The van der Waals surface area contributed by atoms with Gasteiger partial charge in [-0.05, 0) is 0 Å². The summed E-state index contributed by atoms with van der Waals surface area (Å²) in [5.74, 6) is -0.595. The lowest BCUT2D eigenvalue weighted by Crippen LogP contribution is -2.16. The number of ether oxygens (including phenoxy) is 1. The van der Waals surface area contributed by atoms with E-state index in [4.69, 9.17) is 10.8 Å². The SMILES string of the molecule is Cl.NCC(=O)OCO. The fraction of sp³-hybridized carbons (Fsp3) is 0.667. The summed E-state index contributed by atoms with van der Waals surface area (Å²) in [5, 5.41) is 7.87. The molecule has 0 amide bonds. The second-order valence-electron chi connectivity index (χ2n) is 0.850. The molecule has 0 fully saturated rings. The highest BCUT2D eigenvalue weighted by Gasteiger charge is 1.92. The molecule has 0 aliphatic carbocycles. The molecule has 0 aliphatic heterocycles. The molecule has 0 atom stereocenters. The molecular formula is C3H8ClNO3. The number of nitrogens with two attached hydrogens (primary N) is 1. The molecule has 0 saturated carbocycles. The average Bonchev–Trinajstić information content (AvgIpc) is 1.68. The summed E-state index contributed by atoms with van der Waals surface area (Å²) in [4.78, 5) is 9.90. The van der Waals surface area contributed by atoms with Crippen molar-refractivity contribution in [1.29, 1.82) is 0 Å². The number of hydrogen-bond donors (Lipinski definition) is 2. The van der Waals surface area contributed by atoms with Crippen LogP contribution in [-0.4, -0.2) is 24.4 Å². The minimum Gasteiger partial charge on any atom is -0.438 e. The van der Waals surface area contributed by atoms with Crippen LogP contribution in [0, 0.1) is 0 Å². The summed E-state index contributed by atoms with van der Waals surface area (Å²) in [6.07, 6.45) is 0. The molecule has 0 rings (SSSR count). The van der Waals surface area contributed by atoms with Gasteiger partial charge in [-0.3, -0.25) is 4.79 Å². The van der Waals surface area contributed by atoms with Crippen LogP contribution in [0.4, 0.5) is 0 Å². The minimum atomic E-state index is -0.595. The third-order valence-corrected chi connectivity index (χ3v) is 0.392. The van der Waals surface area contributed by atoms with E-state index in [0.29, 0.717) is 0 Å². The second-order valence-corrected chi connectivity index (χ2v) is 0.850. The van der Waals surface area contributed by atoms with Gasteiger partial charge in [0.05, 0.1) is 6.54 Å². The monoisotopic (exact) mass is 141 g/mol. The summed E-state index contributed by atoms with van der Waals surface area (Å²) in [5.41, 5.74) is 4.77. The smallest absolute Gasteiger partial charge is 0.321 e. The number of carbonyl (C=O) groups is 1. The highest BCUT2D eigenvalue weighted by molar-refractivity contribution is 5.85. The number of halogens is 1. The fourth-order valence-corrected chi connectivity index (χ4v) is 0.131. The van der Waals surface area contributed by atoms with E-state index in [9.17, 15) is 4.79 Å². The molecule has 0 aromatic heterocycles. The Balaban J connectivity index is 0. The molecule has 0 aromatic carbocycles. The largest absolute Gasteiger partial charge is 0.438 e. The third-order valence-electron chi connectivity index (χ3n) is 0.392. The molecule has 5 heteroatoms. The molecule has 8 heavy (non-hydrogen) atoms. The summed E-state index contributed by atoms with van der Waals surface area (Å²) >= 11 is 0. The van der Waals surface area contributed by atoms with Crippen molar-refractivity contribution in [3.05, 3.63) is 0 Å². The highest BCUT2D eigenvalue weighted by atomic mass is 35.5. The van der Waals surface area contributed by atoms with Gasteiger partial charge in [-0.15, -0.1) is 12.4 Å². The molecule has 0 aliphatic rings. The van der Waals surface area contributed by atoms with E-state index in [-0.39, 0.29) is 19.0 Å². The molecule has 0 radical (unpaired) electrons. The van der Waals surface area contributed by atoms with Gasteiger partial charge in [0.25, 0.3) is 0 Å². The van der Waals surface area contributed by atoms with Gasteiger partial charge < -0.3 is 15.6 Å². The third kappa shape index (κ3) is 5.68. The van der Waals surface area contributed by atoms with Gasteiger partial charge in [0.15, 0.2) is 6.79 Å². The van der Waals surface area contributed by atoms with Gasteiger partial charge >= 0.3 is 5.97 Å². The zero-order chi connectivity index (χ0) is 5.70. The first-order chi connectivity index (χ1) is 3.31. The lowest BCUT2D eigenvalue weighted by molar-refractivity contribution is -0.149. The van der Waals surface area contributed by atoms with Crippen molar-refractivity contribution in [3.8, 4) is 0 Å². The van der Waals surface area contributed by atoms with Crippen molar-refractivity contribution in [2.75, 3.05) is 13.3 Å². The number of hydrogen-bond acceptors (Lipinski definition) is 4. The number of rotatable bonds is 2. The van der Waals surface area contributed by atoms with Crippen LogP contribution in [-0.2, 0) is 9.53 Å². The Hall–Kier alpha value is -0.320. The van der Waals surface area contributed by atoms with Crippen LogP contribution in [0.3, 0.4) is 0 Å². The highest BCUT2D eigenvalue weighted by Crippen LogP contribution is 1.67. The molecular weight excluding hydrogens is 133 g/mol. The van der Waals surface area contributed by atoms with E-state index in [1.807, 2.05) is 0 Å². The summed E-state index contributed by atoms with van der Waals surface area (Å²) in [7, 11) is 0. The molecule has 50 valence electrons. The molecule has 0 heterocycles. The van der Waals surface area contributed by atoms with Crippen molar-refractivity contribution >= 4 is 18.4 Å². The Morgan fingerprint density at radius 2 is 2.25 bits per heavy atom. The van der Waals surface area contributed by atoms with Crippen molar-refractivity contribution in [3.63, 3.8) is 0 Å². The van der Waals surface area contributed by atoms with E-state index in [2.05, 4.69) is 4.74 Å². The lowest BCUT2D eigenvalue weighted by atomic mass is 10.7. The number of aliphatic hydroxyl groups is 1. The lowest BCUT2D eigenvalue weighted by Gasteiger charge is -1.93. The van der Waals surface area contributed by atoms with Gasteiger partial charge in [0, 0.05) is 0 Å². The Kier molecular flexibility index (Phi) is 8.87. The Morgan fingerprint density at radius 1 is 1.75 bits per heavy atom. The maximum Gasteiger partial charge on any atom is 0.321 e. The topological polar surface area (TPSA) is 72.6 Å². The van der Waals surface area contributed by atoms with E-state index in [1.165, 1.54) is 0 Å². The normalized spacial score (nSPS) is 7.25. The zero-order valence-corrected chi connectivity index (χ0v) is 4.98. The van der Waals surface area contributed by atoms with E-state index < -0.39 is 12.8 Å². The van der Waals surface area contributed by atoms with Crippen LogP contribution >= 0.6 is 12.4 Å². The predicted molar refractivity (Wildman–Crippen MR) is 29.5 cm³/mol. The fourth-order valence-electron chi connectivity index (χ4n) is 0.131. The van der Waals surface area contributed by atoms with Crippen LogP contribution in [0.1, 0.15) is 0 Å². The van der Waals surface area contributed by atoms with Crippen LogP contribution in [0.2, 0.25) is 0 Å².